The normalized spacial score (nSPS) is 17.2. The van der Waals surface area contributed by atoms with Crippen LogP contribution in [0.2, 0.25) is 5.02 Å². The van der Waals surface area contributed by atoms with E-state index in [1.807, 2.05) is 6.07 Å². The van der Waals surface area contributed by atoms with Crippen molar-refractivity contribution >= 4 is 40.4 Å². The molecule has 17 heavy (non-hydrogen) atoms. The van der Waals surface area contributed by atoms with Gasteiger partial charge in [0.15, 0.2) is 0 Å². The van der Waals surface area contributed by atoms with Crippen LogP contribution in [0, 0.1) is 0 Å². The van der Waals surface area contributed by atoms with E-state index in [4.69, 9.17) is 23.2 Å². The van der Waals surface area contributed by atoms with Crippen LogP contribution in [0.25, 0.3) is 5.57 Å². The SMILES string of the molecule is C=C(Cl)/C(C)=C1\C(=O)N(C)c2ccc(Cl)cc21. The fourth-order valence-corrected chi connectivity index (χ4v) is 2.16. The first kappa shape index (κ1) is 12.2. The first-order valence-electron chi connectivity index (χ1n) is 5.07. The number of allylic oxidation sites excluding steroid dienone is 2. The van der Waals surface area contributed by atoms with Crippen molar-refractivity contribution in [2.24, 2.45) is 0 Å². The lowest BCUT2D eigenvalue weighted by Gasteiger charge is -2.08. The molecule has 0 N–H and O–H groups in total. The average Bonchev–Trinajstić information content (AvgIpc) is 2.50. The number of nitrogens with zero attached hydrogens (tertiary/aromatic N) is 1. The maximum Gasteiger partial charge on any atom is 0.259 e. The van der Waals surface area contributed by atoms with Crippen molar-refractivity contribution in [2.75, 3.05) is 11.9 Å². The van der Waals surface area contributed by atoms with E-state index in [1.165, 1.54) is 0 Å². The first-order valence-corrected chi connectivity index (χ1v) is 5.82. The number of hydrogen-bond donors (Lipinski definition) is 0. The topological polar surface area (TPSA) is 20.3 Å². The molecule has 0 unspecified atom stereocenters. The van der Waals surface area contributed by atoms with Crippen LogP contribution in [0.4, 0.5) is 5.69 Å². The third-order valence-electron chi connectivity index (χ3n) is 2.89. The zero-order chi connectivity index (χ0) is 12.7. The number of rotatable bonds is 1. The molecule has 2 rings (SSSR count). The van der Waals surface area contributed by atoms with Gasteiger partial charge >= 0.3 is 0 Å². The summed E-state index contributed by atoms with van der Waals surface area (Å²) in [5, 5.41) is 0.965. The van der Waals surface area contributed by atoms with Gasteiger partial charge in [-0.15, -0.1) is 0 Å². The molecule has 1 aliphatic rings. The van der Waals surface area contributed by atoms with E-state index in [0.717, 1.165) is 11.3 Å². The van der Waals surface area contributed by atoms with Crippen LogP contribution in [0.3, 0.4) is 0 Å². The van der Waals surface area contributed by atoms with E-state index < -0.39 is 0 Å². The first-order chi connectivity index (χ1) is 7.93. The lowest BCUT2D eigenvalue weighted by Crippen LogP contribution is -2.20. The fraction of sp³-hybridized carbons (Fsp3) is 0.154. The smallest absolute Gasteiger partial charge is 0.259 e. The van der Waals surface area contributed by atoms with Gasteiger partial charge in [-0.05, 0) is 30.7 Å². The second-order valence-corrected chi connectivity index (χ2v) is 4.82. The molecule has 2 nitrogen and oxygen atoms in total. The number of carbonyl (C=O) groups is 1. The number of hydrogen-bond acceptors (Lipinski definition) is 1. The van der Waals surface area contributed by atoms with Crippen LogP contribution in [0.15, 0.2) is 35.4 Å². The minimum atomic E-state index is -0.0819. The summed E-state index contributed by atoms with van der Waals surface area (Å²) in [4.78, 5) is 13.7. The van der Waals surface area contributed by atoms with E-state index in [2.05, 4.69) is 6.58 Å². The summed E-state index contributed by atoms with van der Waals surface area (Å²) < 4.78 is 0. The van der Waals surface area contributed by atoms with Crippen molar-refractivity contribution in [2.45, 2.75) is 6.92 Å². The molecular weight excluding hydrogens is 257 g/mol. The second-order valence-electron chi connectivity index (χ2n) is 3.93. The highest BCUT2D eigenvalue weighted by molar-refractivity contribution is 6.39. The maximum absolute atomic E-state index is 12.1. The Balaban J connectivity index is 2.74. The molecule has 0 radical (unpaired) electrons. The molecule has 0 aliphatic carbocycles. The predicted molar refractivity (Wildman–Crippen MR) is 72.4 cm³/mol. The lowest BCUT2D eigenvalue weighted by atomic mass is 10.0. The summed E-state index contributed by atoms with van der Waals surface area (Å²) in [7, 11) is 1.73. The van der Waals surface area contributed by atoms with Gasteiger partial charge in [-0.25, -0.2) is 0 Å². The summed E-state index contributed by atoms with van der Waals surface area (Å²) in [6, 6.07) is 5.36. The Morgan fingerprint density at radius 3 is 2.65 bits per heavy atom. The molecule has 1 aromatic rings. The quantitative estimate of drug-likeness (QED) is 0.708. The third-order valence-corrected chi connectivity index (χ3v) is 3.41. The van der Waals surface area contributed by atoms with Gasteiger partial charge < -0.3 is 4.90 Å². The number of amides is 1. The molecule has 0 atom stereocenters. The number of halogens is 2. The molecule has 0 fully saturated rings. The Morgan fingerprint density at radius 1 is 1.41 bits per heavy atom. The molecule has 1 aromatic carbocycles. The van der Waals surface area contributed by atoms with Crippen molar-refractivity contribution in [1.29, 1.82) is 0 Å². The van der Waals surface area contributed by atoms with Gasteiger partial charge in [-0.3, -0.25) is 4.79 Å². The fourth-order valence-electron chi connectivity index (χ4n) is 1.89. The number of carbonyl (C=O) groups excluding carboxylic acids is 1. The van der Waals surface area contributed by atoms with E-state index in [0.29, 0.717) is 21.2 Å². The van der Waals surface area contributed by atoms with E-state index in [-0.39, 0.29) is 5.91 Å². The van der Waals surface area contributed by atoms with Gasteiger partial charge in [0, 0.05) is 22.7 Å². The molecule has 0 spiro atoms. The molecule has 1 amide bonds. The summed E-state index contributed by atoms with van der Waals surface area (Å²) in [5.41, 5.74) is 2.91. The molecule has 1 heterocycles. The van der Waals surface area contributed by atoms with Crippen LogP contribution in [0.5, 0.6) is 0 Å². The highest BCUT2D eigenvalue weighted by Gasteiger charge is 2.31. The van der Waals surface area contributed by atoms with Gasteiger partial charge in [-0.2, -0.15) is 0 Å². The molecule has 0 saturated carbocycles. The van der Waals surface area contributed by atoms with Crippen LogP contribution in [-0.2, 0) is 4.79 Å². The Morgan fingerprint density at radius 2 is 2.06 bits per heavy atom. The number of likely N-dealkylation sites (N-methyl/N-ethyl adjacent to an activating group) is 1. The standard InChI is InChI=1S/C13H11Cl2NO/c1-7(8(2)14)12-10-6-9(15)4-5-11(10)16(3)13(12)17/h4-6H,2H2,1,3H3/b12-7-. The van der Waals surface area contributed by atoms with Crippen molar-refractivity contribution < 1.29 is 4.79 Å². The minimum Gasteiger partial charge on any atom is -0.311 e. The van der Waals surface area contributed by atoms with Crippen molar-refractivity contribution in [1.82, 2.24) is 0 Å². The summed E-state index contributed by atoms with van der Waals surface area (Å²) in [5.74, 6) is -0.0819. The monoisotopic (exact) mass is 267 g/mol. The van der Waals surface area contributed by atoms with E-state index in [1.54, 1.807) is 31.0 Å². The van der Waals surface area contributed by atoms with Gasteiger partial charge in [-0.1, -0.05) is 29.8 Å². The van der Waals surface area contributed by atoms with Crippen LogP contribution < -0.4 is 4.90 Å². The van der Waals surface area contributed by atoms with Gasteiger partial charge in [0.2, 0.25) is 0 Å². The van der Waals surface area contributed by atoms with Crippen molar-refractivity contribution in [3.63, 3.8) is 0 Å². The molecule has 1 aliphatic heterocycles. The summed E-state index contributed by atoms with van der Waals surface area (Å²) in [6.07, 6.45) is 0. The highest BCUT2D eigenvalue weighted by Crippen LogP contribution is 2.40. The van der Waals surface area contributed by atoms with Gasteiger partial charge in [0.25, 0.3) is 5.91 Å². The average molecular weight is 268 g/mol. The number of benzene rings is 1. The summed E-state index contributed by atoms with van der Waals surface area (Å²) in [6.45, 7) is 5.44. The predicted octanol–water partition coefficient (Wildman–Crippen LogP) is 3.84. The zero-order valence-corrected chi connectivity index (χ0v) is 11.1. The molecular formula is C13H11Cl2NO. The Labute approximate surface area is 110 Å². The van der Waals surface area contributed by atoms with Crippen LogP contribution in [-0.4, -0.2) is 13.0 Å². The molecule has 4 heteroatoms. The Bertz CT molecular complexity index is 561. The molecule has 0 saturated heterocycles. The highest BCUT2D eigenvalue weighted by atomic mass is 35.5. The third kappa shape index (κ3) is 1.88. The number of fused-ring (bicyclic) bond motifs is 1. The minimum absolute atomic E-state index is 0.0819. The number of anilines is 1. The largest absolute Gasteiger partial charge is 0.311 e. The Kier molecular flexibility index (Phi) is 3.02. The van der Waals surface area contributed by atoms with Crippen molar-refractivity contribution in [3.8, 4) is 0 Å². The zero-order valence-electron chi connectivity index (χ0n) is 9.55. The van der Waals surface area contributed by atoms with Crippen LogP contribution in [0.1, 0.15) is 12.5 Å². The molecule has 88 valence electrons. The second kappa shape index (κ2) is 4.21. The molecule has 0 aromatic heterocycles. The van der Waals surface area contributed by atoms with E-state index >= 15 is 0 Å². The molecule has 0 bridgehead atoms. The van der Waals surface area contributed by atoms with Crippen molar-refractivity contribution in [3.05, 3.63) is 46.0 Å². The maximum atomic E-state index is 12.1. The Hall–Kier alpha value is -1.25. The van der Waals surface area contributed by atoms with E-state index in [9.17, 15) is 4.79 Å². The van der Waals surface area contributed by atoms with Crippen LogP contribution >= 0.6 is 23.2 Å². The lowest BCUT2D eigenvalue weighted by molar-refractivity contribution is -0.112. The van der Waals surface area contributed by atoms with Gasteiger partial charge in [0.05, 0.1) is 11.3 Å². The summed E-state index contributed by atoms with van der Waals surface area (Å²) >= 11 is 11.8. The van der Waals surface area contributed by atoms with Gasteiger partial charge in [0.1, 0.15) is 0 Å².